The molecule has 0 saturated carbocycles. The second-order valence-electron chi connectivity index (χ2n) is 10.0. The van der Waals surface area contributed by atoms with Crippen molar-refractivity contribution >= 4 is 29.3 Å². The Bertz CT molecular complexity index is 967. The fourth-order valence-electron chi connectivity index (χ4n) is 5.71. The van der Waals surface area contributed by atoms with Crippen LogP contribution in [0, 0.1) is 11.8 Å². The molecule has 190 valence electrons. The lowest BCUT2D eigenvalue weighted by atomic mass is 9.92. The van der Waals surface area contributed by atoms with Gasteiger partial charge in [-0.2, -0.15) is 0 Å². The van der Waals surface area contributed by atoms with Gasteiger partial charge in [0.15, 0.2) is 0 Å². The summed E-state index contributed by atoms with van der Waals surface area (Å²) in [5.74, 6) is -0.0178. The third-order valence-corrected chi connectivity index (χ3v) is 8.11. The Morgan fingerprint density at radius 3 is 2.83 bits per heavy atom. The molecule has 1 aromatic rings. The number of piperidine rings is 1. The Kier molecular flexibility index (Phi) is 7.57. The van der Waals surface area contributed by atoms with E-state index < -0.39 is 0 Å². The van der Waals surface area contributed by atoms with Crippen LogP contribution < -0.4 is 16.0 Å². The molecule has 4 aliphatic rings. The van der Waals surface area contributed by atoms with Crippen LogP contribution in [0.2, 0.25) is 5.02 Å². The van der Waals surface area contributed by atoms with Crippen molar-refractivity contribution < 1.29 is 19.1 Å². The molecular formula is C25H34ClN5O4. The molecule has 3 unspecified atom stereocenters. The molecular weight excluding hydrogens is 470 g/mol. The first-order valence-corrected chi connectivity index (χ1v) is 13.0. The Labute approximate surface area is 210 Å². The van der Waals surface area contributed by atoms with Crippen LogP contribution >= 0.6 is 11.6 Å². The maximum Gasteiger partial charge on any atom is 0.234 e. The molecule has 0 aliphatic carbocycles. The summed E-state index contributed by atoms with van der Waals surface area (Å²) in [6.45, 7) is 4.53. The van der Waals surface area contributed by atoms with Crippen molar-refractivity contribution in [2.75, 3.05) is 45.9 Å². The largest absolute Gasteiger partial charge is 0.381 e. The van der Waals surface area contributed by atoms with E-state index in [2.05, 4.69) is 26.9 Å². The summed E-state index contributed by atoms with van der Waals surface area (Å²) < 4.78 is 5.40. The number of hydrogen-bond donors (Lipinski definition) is 3. The van der Waals surface area contributed by atoms with Gasteiger partial charge in [0.2, 0.25) is 17.7 Å². The first-order valence-electron chi connectivity index (χ1n) is 12.7. The maximum atomic E-state index is 13.1. The van der Waals surface area contributed by atoms with E-state index in [1.54, 1.807) is 0 Å². The van der Waals surface area contributed by atoms with E-state index in [0.29, 0.717) is 39.4 Å². The van der Waals surface area contributed by atoms with Crippen molar-refractivity contribution in [3.63, 3.8) is 0 Å². The minimum atomic E-state index is -0.265. The molecule has 5 rings (SSSR count). The number of benzene rings is 1. The predicted molar refractivity (Wildman–Crippen MR) is 131 cm³/mol. The maximum absolute atomic E-state index is 13.1. The molecule has 4 aliphatic heterocycles. The average Bonchev–Trinajstić information content (AvgIpc) is 2.87. The Hall–Kier alpha value is -2.20. The third kappa shape index (κ3) is 5.63. The highest BCUT2D eigenvalue weighted by molar-refractivity contribution is 6.31. The van der Waals surface area contributed by atoms with Gasteiger partial charge in [0, 0.05) is 36.7 Å². The van der Waals surface area contributed by atoms with Gasteiger partial charge in [0.1, 0.15) is 0 Å². The summed E-state index contributed by atoms with van der Waals surface area (Å²) in [7, 11) is 0. The lowest BCUT2D eigenvalue weighted by molar-refractivity contribution is -0.138. The molecule has 3 amide bonds. The number of nitrogens with zero attached hydrogens (tertiary/aromatic N) is 2. The number of nitrogens with one attached hydrogen (secondary N) is 3. The summed E-state index contributed by atoms with van der Waals surface area (Å²) in [4.78, 5) is 42.0. The van der Waals surface area contributed by atoms with Crippen molar-refractivity contribution in [3.05, 3.63) is 34.3 Å². The predicted octanol–water partition coefficient (Wildman–Crippen LogP) is 0.504. The summed E-state index contributed by atoms with van der Waals surface area (Å²) in [5, 5.41) is 10.1. The number of ether oxygens (including phenoxy) is 1. The SMILES string of the molecule is O=C(CN1CCC(C(=O)N2CCc3c(Cl)cccc3C2)CC1)NCC1NC(=O)C2COCCC2N1. The first-order chi connectivity index (χ1) is 17.0. The smallest absolute Gasteiger partial charge is 0.234 e. The van der Waals surface area contributed by atoms with Crippen molar-refractivity contribution in [1.82, 2.24) is 25.8 Å². The van der Waals surface area contributed by atoms with Gasteiger partial charge in [-0.15, -0.1) is 0 Å². The Morgan fingerprint density at radius 1 is 1.17 bits per heavy atom. The van der Waals surface area contributed by atoms with Crippen LogP contribution in [0.1, 0.15) is 30.4 Å². The summed E-state index contributed by atoms with van der Waals surface area (Å²) in [6, 6.07) is 6.00. The molecule has 3 fully saturated rings. The second-order valence-corrected chi connectivity index (χ2v) is 10.5. The van der Waals surface area contributed by atoms with Crippen LogP contribution in [0.4, 0.5) is 0 Å². The second kappa shape index (κ2) is 10.8. The number of likely N-dealkylation sites (tertiary alicyclic amines) is 1. The highest BCUT2D eigenvalue weighted by atomic mass is 35.5. The normalized spacial score (nSPS) is 27.5. The summed E-state index contributed by atoms with van der Waals surface area (Å²) in [6.07, 6.45) is 2.85. The average molecular weight is 504 g/mol. The molecule has 1 aromatic carbocycles. The standard InChI is InChI=1S/C25H34ClN5O4/c26-20-3-1-2-17-13-31(10-6-18(17)20)25(34)16-4-8-30(9-5-16)14-23(32)27-12-22-28-21-7-11-35-15-19(21)24(33)29-22/h1-3,16,19,21-22,28H,4-15H2,(H,27,32)(H,29,33). The van der Waals surface area contributed by atoms with Gasteiger partial charge in [-0.3, -0.25) is 24.6 Å². The van der Waals surface area contributed by atoms with Crippen LogP contribution in [-0.2, 0) is 32.1 Å². The van der Waals surface area contributed by atoms with Crippen LogP contribution in [-0.4, -0.2) is 85.7 Å². The topological polar surface area (TPSA) is 103 Å². The molecule has 0 aromatic heterocycles. The van der Waals surface area contributed by atoms with Gasteiger partial charge < -0.3 is 20.3 Å². The quantitative estimate of drug-likeness (QED) is 0.541. The minimum Gasteiger partial charge on any atom is -0.381 e. The molecule has 3 N–H and O–H groups in total. The molecule has 4 heterocycles. The minimum absolute atomic E-state index is 0.00381. The van der Waals surface area contributed by atoms with E-state index in [9.17, 15) is 14.4 Å². The fraction of sp³-hybridized carbons (Fsp3) is 0.640. The van der Waals surface area contributed by atoms with Crippen LogP contribution in [0.5, 0.6) is 0 Å². The van der Waals surface area contributed by atoms with E-state index in [0.717, 1.165) is 54.9 Å². The van der Waals surface area contributed by atoms with Crippen molar-refractivity contribution in [3.8, 4) is 0 Å². The molecule has 9 nitrogen and oxygen atoms in total. The number of amides is 3. The van der Waals surface area contributed by atoms with Gasteiger partial charge in [0.05, 0.1) is 31.8 Å². The molecule has 0 spiro atoms. The van der Waals surface area contributed by atoms with Crippen molar-refractivity contribution in [1.29, 1.82) is 0 Å². The Balaban J connectivity index is 1.03. The van der Waals surface area contributed by atoms with Crippen LogP contribution in [0.3, 0.4) is 0 Å². The van der Waals surface area contributed by atoms with E-state index in [4.69, 9.17) is 16.3 Å². The summed E-state index contributed by atoms with van der Waals surface area (Å²) >= 11 is 6.31. The zero-order chi connectivity index (χ0) is 24.4. The number of halogens is 1. The molecule has 0 bridgehead atoms. The lowest BCUT2D eigenvalue weighted by Crippen LogP contribution is -2.66. The fourth-order valence-corrected chi connectivity index (χ4v) is 6.00. The van der Waals surface area contributed by atoms with Gasteiger partial charge in [-0.1, -0.05) is 23.7 Å². The number of carbonyl (C=O) groups is 3. The zero-order valence-electron chi connectivity index (χ0n) is 19.9. The third-order valence-electron chi connectivity index (χ3n) is 7.75. The number of rotatable bonds is 5. The highest BCUT2D eigenvalue weighted by Crippen LogP contribution is 2.28. The zero-order valence-corrected chi connectivity index (χ0v) is 20.7. The molecule has 35 heavy (non-hydrogen) atoms. The van der Waals surface area contributed by atoms with Gasteiger partial charge in [0.25, 0.3) is 0 Å². The van der Waals surface area contributed by atoms with Crippen molar-refractivity contribution in [2.45, 2.75) is 44.4 Å². The van der Waals surface area contributed by atoms with E-state index >= 15 is 0 Å². The number of carbonyl (C=O) groups excluding carboxylic acids is 3. The van der Waals surface area contributed by atoms with E-state index in [1.165, 1.54) is 0 Å². The number of fused-ring (bicyclic) bond motifs is 2. The van der Waals surface area contributed by atoms with Crippen LogP contribution in [0.25, 0.3) is 0 Å². The monoisotopic (exact) mass is 503 g/mol. The van der Waals surface area contributed by atoms with E-state index in [1.807, 2.05) is 17.0 Å². The Morgan fingerprint density at radius 2 is 2.00 bits per heavy atom. The van der Waals surface area contributed by atoms with E-state index in [-0.39, 0.29) is 41.8 Å². The van der Waals surface area contributed by atoms with Gasteiger partial charge in [-0.25, -0.2) is 0 Å². The number of hydrogen-bond acceptors (Lipinski definition) is 6. The van der Waals surface area contributed by atoms with Crippen molar-refractivity contribution in [2.24, 2.45) is 11.8 Å². The lowest BCUT2D eigenvalue weighted by Gasteiger charge is -2.40. The highest BCUT2D eigenvalue weighted by Gasteiger charge is 2.38. The molecule has 0 radical (unpaired) electrons. The first kappa shape index (κ1) is 24.5. The van der Waals surface area contributed by atoms with Gasteiger partial charge >= 0.3 is 0 Å². The van der Waals surface area contributed by atoms with Gasteiger partial charge in [-0.05, 0) is 56.0 Å². The molecule has 3 saturated heterocycles. The summed E-state index contributed by atoms with van der Waals surface area (Å²) in [5.41, 5.74) is 2.30. The van der Waals surface area contributed by atoms with Crippen LogP contribution in [0.15, 0.2) is 18.2 Å². The molecule has 10 heteroatoms. The molecule has 3 atom stereocenters.